The summed E-state index contributed by atoms with van der Waals surface area (Å²) in [6.07, 6.45) is 0.784. The number of nitrogens with two attached hydrogens (primary N) is 1. The van der Waals surface area contributed by atoms with Crippen LogP contribution >= 0.6 is 0 Å². The van der Waals surface area contributed by atoms with Crippen LogP contribution in [0.4, 0.5) is 10.2 Å². The minimum absolute atomic E-state index is 0.289. The maximum absolute atomic E-state index is 13.7. The van der Waals surface area contributed by atoms with Crippen LogP contribution in [0.1, 0.15) is 19.7 Å². The molecule has 0 fully saturated rings. The Bertz CT molecular complexity index is 531. The summed E-state index contributed by atoms with van der Waals surface area (Å²) in [6.45, 7) is 4.76. The standard InChI is InChI=1S/C13H16FN3/c1-3-11-16-12(13(15)17(11)4-2)9-7-5-6-8-10(9)14/h5-8H,3-4,15H2,1-2H3. The monoisotopic (exact) mass is 233 g/mol. The largest absolute Gasteiger partial charge is 0.383 e. The first-order chi connectivity index (χ1) is 8.19. The van der Waals surface area contributed by atoms with Crippen LogP contribution in [0.2, 0.25) is 0 Å². The average Bonchev–Trinajstić information content (AvgIpc) is 2.66. The van der Waals surface area contributed by atoms with Gasteiger partial charge in [0, 0.05) is 18.5 Å². The molecule has 0 amide bonds. The molecule has 1 aromatic carbocycles. The van der Waals surface area contributed by atoms with E-state index in [1.165, 1.54) is 6.07 Å². The number of aromatic nitrogens is 2. The van der Waals surface area contributed by atoms with E-state index < -0.39 is 0 Å². The van der Waals surface area contributed by atoms with Gasteiger partial charge in [-0.05, 0) is 19.1 Å². The predicted octanol–water partition coefficient (Wildman–Crippen LogP) is 2.85. The van der Waals surface area contributed by atoms with E-state index in [1.807, 2.05) is 18.4 Å². The normalized spacial score (nSPS) is 10.8. The highest BCUT2D eigenvalue weighted by Gasteiger charge is 2.16. The maximum Gasteiger partial charge on any atom is 0.132 e. The van der Waals surface area contributed by atoms with Gasteiger partial charge in [0.1, 0.15) is 23.2 Å². The van der Waals surface area contributed by atoms with Crippen molar-refractivity contribution in [1.82, 2.24) is 9.55 Å². The van der Waals surface area contributed by atoms with Gasteiger partial charge in [0.2, 0.25) is 0 Å². The number of anilines is 1. The molecule has 2 rings (SSSR count). The second kappa shape index (κ2) is 4.57. The van der Waals surface area contributed by atoms with Gasteiger partial charge in [-0.2, -0.15) is 0 Å². The summed E-state index contributed by atoms with van der Waals surface area (Å²) >= 11 is 0. The first-order valence-electron chi connectivity index (χ1n) is 5.78. The van der Waals surface area contributed by atoms with E-state index >= 15 is 0 Å². The Morgan fingerprint density at radius 3 is 2.53 bits per heavy atom. The molecule has 4 heteroatoms. The highest BCUT2D eigenvalue weighted by molar-refractivity contribution is 5.71. The van der Waals surface area contributed by atoms with E-state index in [0.29, 0.717) is 17.1 Å². The van der Waals surface area contributed by atoms with Crippen molar-refractivity contribution in [2.45, 2.75) is 26.8 Å². The summed E-state index contributed by atoms with van der Waals surface area (Å²) < 4.78 is 15.6. The molecule has 0 aliphatic heterocycles. The van der Waals surface area contributed by atoms with E-state index in [4.69, 9.17) is 5.73 Å². The van der Waals surface area contributed by atoms with Gasteiger partial charge in [-0.15, -0.1) is 0 Å². The lowest BCUT2D eigenvalue weighted by Crippen LogP contribution is -2.04. The lowest BCUT2D eigenvalue weighted by Gasteiger charge is -2.04. The van der Waals surface area contributed by atoms with Crippen molar-refractivity contribution in [3.8, 4) is 11.3 Å². The first-order valence-corrected chi connectivity index (χ1v) is 5.78. The Morgan fingerprint density at radius 1 is 1.29 bits per heavy atom. The average molecular weight is 233 g/mol. The molecular formula is C13H16FN3. The second-order valence-corrected chi connectivity index (χ2v) is 3.84. The van der Waals surface area contributed by atoms with E-state index in [-0.39, 0.29) is 5.82 Å². The maximum atomic E-state index is 13.7. The van der Waals surface area contributed by atoms with Gasteiger partial charge in [0.15, 0.2) is 0 Å². The number of nitrogens with zero attached hydrogens (tertiary/aromatic N) is 2. The number of halogens is 1. The number of hydrogen-bond acceptors (Lipinski definition) is 2. The van der Waals surface area contributed by atoms with Crippen molar-refractivity contribution < 1.29 is 4.39 Å². The van der Waals surface area contributed by atoms with Crippen LogP contribution in [-0.4, -0.2) is 9.55 Å². The van der Waals surface area contributed by atoms with Crippen LogP contribution < -0.4 is 5.73 Å². The molecule has 0 spiro atoms. The SMILES string of the molecule is CCc1nc(-c2ccccc2F)c(N)n1CC. The highest BCUT2D eigenvalue weighted by atomic mass is 19.1. The molecule has 17 heavy (non-hydrogen) atoms. The van der Waals surface area contributed by atoms with E-state index in [1.54, 1.807) is 18.2 Å². The Kier molecular flexibility index (Phi) is 3.13. The number of rotatable bonds is 3. The number of hydrogen-bond donors (Lipinski definition) is 1. The van der Waals surface area contributed by atoms with Gasteiger partial charge in [0.05, 0.1) is 0 Å². The van der Waals surface area contributed by atoms with E-state index in [2.05, 4.69) is 4.98 Å². The van der Waals surface area contributed by atoms with Crippen LogP contribution in [0.15, 0.2) is 24.3 Å². The Morgan fingerprint density at radius 2 is 2.00 bits per heavy atom. The molecule has 0 saturated carbocycles. The Hall–Kier alpha value is -1.84. The summed E-state index contributed by atoms with van der Waals surface area (Å²) in [7, 11) is 0. The van der Waals surface area contributed by atoms with Gasteiger partial charge in [-0.3, -0.25) is 0 Å². The van der Waals surface area contributed by atoms with Crippen molar-refractivity contribution >= 4 is 5.82 Å². The van der Waals surface area contributed by atoms with Crippen LogP contribution in [0.5, 0.6) is 0 Å². The van der Waals surface area contributed by atoms with Crippen molar-refractivity contribution in [2.75, 3.05) is 5.73 Å². The Labute approximate surface area is 100 Å². The molecule has 0 radical (unpaired) electrons. The van der Waals surface area contributed by atoms with Gasteiger partial charge in [0.25, 0.3) is 0 Å². The van der Waals surface area contributed by atoms with Crippen LogP contribution in [-0.2, 0) is 13.0 Å². The van der Waals surface area contributed by atoms with Gasteiger partial charge in [-0.25, -0.2) is 9.37 Å². The van der Waals surface area contributed by atoms with E-state index in [9.17, 15) is 4.39 Å². The number of benzene rings is 1. The lowest BCUT2D eigenvalue weighted by atomic mass is 10.1. The van der Waals surface area contributed by atoms with Crippen LogP contribution in [0.3, 0.4) is 0 Å². The van der Waals surface area contributed by atoms with Crippen molar-refractivity contribution in [1.29, 1.82) is 0 Å². The third kappa shape index (κ3) is 1.90. The van der Waals surface area contributed by atoms with Crippen molar-refractivity contribution in [3.05, 3.63) is 35.9 Å². The summed E-state index contributed by atoms with van der Waals surface area (Å²) in [5, 5.41) is 0. The molecule has 0 atom stereocenters. The zero-order valence-electron chi connectivity index (χ0n) is 10.1. The highest BCUT2D eigenvalue weighted by Crippen LogP contribution is 2.28. The topological polar surface area (TPSA) is 43.8 Å². The summed E-state index contributed by atoms with van der Waals surface area (Å²) in [5.74, 6) is 1.14. The van der Waals surface area contributed by atoms with Gasteiger partial charge in [-0.1, -0.05) is 19.1 Å². The summed E-state index contributed by atoms with van der Waals surface area (Å²) in [4.78, 5) is 4.43. The number of nitrogen functional groups attached to an aromatic ring is 1. The molecule has 3 nitrogen and oxygen atoms in total. The molecule has 0 unspecified atom stereocenters. The van der Waals surface area contributed by atoms with Crippen molar-refractivity contribution in [3.63, 3.8) is 0 Å². The third-order valence-electron chi connectivity index (χ3n) is 2.85. The molecule has 0 saturated heterocycles. The zero-order valence-corrected chi connectivity index (χ0v) is 10.1. The van der Waals surface area contributed by atoms with E-state index in [0.717, 1.165) is 18.8 Å². The van der Waals surface area contributed by atoms with Crippen molar-refractivity contribution in [2.24, 2.45) is 0 Å². The minimum Gasteiger partial charge on any atom is -0.383 e. The summed E-state index contributed by atoms with van der Waals surface area (Å²) in [6, 6.07) is 6.57. The molecule has 1 aromatic heterocycles. The first kappa shape index (κ1) is 11.6. The zero-order chi connectivity index (χ0) is 12.4. The second-order valence-electron chi connectivity index (χ2n) is 3.84. The molecular weight excluding hydrogens is 217 g/mol. The molecule has 90 valence electrons. The fourth-order valence-corrected chi connectivity index (χ4v) is 1.99. The van der Waals surface area contributed by atoms with Gasteiger partial charge < -0.3 is 10.3 Å². The quantitative estimate of drug-likeness (QED) is 0.885. The fourth-order valence-electron chi connectivity index (χ4n) is 1.99. The fraction of sp³-hybridized carbons (Fsp3) is 0.308. The molecule has 0 bridgehead atoms. The van der Waals surface area contributed by atoms with Crippen LogP contribution in [0.25, 0.3) is 11.3 Å². The molecule has 2 aromatic rings. The number of aryl methyl sites for hydroxylation is 1. The Balaban J connectivity index is 2.61. The smallest absolute Gasteiger partial charge is 0.132 e. The molecule has 0 aliphatic rings. The number of imidazole rings is 1. The third-order valence-corrected chi connectivity index (χ3v) is 2.85. The molecule has 2 N–H and O–H groups in total. The minimum atomic E-state index is -0.289. The van der Waals surface area contributed by atoms with Gasteiger partial charge >= 0.3 is 0 Å². The van der Waals surface area contributed by atoms with Crippen LogP contribution in [0, 0.1) is 5.82 Å². The summed E-state index contributed by atoms with van der Waals surface area (Å²) in [5.41, 5.74) is 7.03. The lowest BCUT2D eigenvalue weighted by molar-refractivity contribution is 0.631. The molecule has 1 heterocycles. The predicted molar refractivity (Wildman–Crippen MR) is 67.1 cm³/mol. The molecule has 0 aliphatic carbocycles.